The predicted octanol–water partition coefficient (Wildman–Crippen LogP) is 7.74. The smallest absolute Gasteiger partial charge is 0.416 e. The second kappa shape index (κ2) is 11.1. The van der Waals surface area contributed by atoms with Gasteiger partial charge in [-0.05, 0) is 97.0 Å². The third-order valence-electron chi connectivity index (χ3n) is 6.24. The molecular weight excluding hydrogens is 486 g/mol. The van der Waals surface area contributed by atoms with Gasteiger partial charge in [-0.2, -0.15) is 13.2 Å². The molecule has 4 rings (SSSR count). The number of rotatable bonds is 8. The molecule has 194 valence electrons. The molecular formula is C29H27F4NO3. The highest BCUT2D eigenvalue weighted by Crippen LogP contribution is 2.45. The van der Waals surface area contributed by atoms with Crippen LogP contribution in [0.3, 0.4) is 0 Å². The zero-order valence-electron chi connectivity index (χ0n) is 20.5. The average molecular weight is 514 g/mol. The van der Waals surface area contributed by atoms with Crippen LogP contribution in [0.4, 0.5) is 23.2 Å². The highest BCUT2D eigenvalue weighted by Gasteiger charge is 2.32. The van der Waals surface area contributed by atoms with Crippen molar-refractivity contribution in [2.24, 2.45) is 0 Å². The third-order valence-corrected chi connectivity index (χ3v) is 6.24. The van der Waals surface area contributed by atoms with E-state index in [0.717, 1.165) is 35.3 Å². The Morgan fingerprint density at radius 3 is 2.38 bits per heavy atom. The van der Waals surface area contributed by atoms with Gasteiger partial charge in [-0.3, -0.25) is 0 Å². The van der Waals surface area contributed by atoms with Crippen LogP contribution in [0, 0.1) is 5.82 Å². The minimum Gasteiger partial charge on any atom is -0.488 e. The Balaban J connectivity index is 1.80. The van der Waals surface area contributed by atoms with E-state index in [9.17, 15) is 22.4 Å². The molecule has 0 atom stereocenters. The maximum atomic E-state index is 13.7. The van der Waals surface area contributed by atoms with E-state index in [-0.39, 0.29) is 19.0 Å². The minimum atomic E-state index is -4.52. The normalized spacial score (nSPS) is 13.6. The van der Waals surface area contributed by atoms with Gasteiger partial charge in [0.1, 0.15) is 18.2 Å². The van der Waals surface area contributed by atoms with E-state index in [4.69, 9.17) is 9.47 Å². The average Bonchev–Trinajstić information content (AvgIpc) is 3.37. The number of hydrogen-bond acceptors (Lipinski definition) is 4. The lowest BCUT2D eigenvalue weighted by Crippen LogP contribution is -2.07. The zero-order chi connectivity index (χ0) is 26.6. The van der Waals surface area contributed by atoms with Gasteiger partial charge in [0.25, 0.3) is 0 Å². The molecule has 37 heavy (non-hydrogen) atoms. The molecule has 1 aliphatic carbocycles. The number of carbonyl (C=O) groups is 1. The van der Waals surface area contributed by atoms with Crippen molar-refractivity contribution >= 4 is 22.8 Å². The highest BCUT2D eigenvalue weighted by atomic mass is 19.4. The Kier molecular flexibility index (Phi) is 7.86. The largest absolute Gasteiger partial charge is 0.488 e. The van der Waals surface area contributed by atoms with Crippen molar-refractivity contribution in [2.75, 3.05) is 19.0 Å². The summed E-state index contributed by atoms with van der Waals surface area (Å²) in [6.45, 7) is 2.02. The van der Waals surface area contributed by atoms with Gasteiger partial charge in [-0.1, -0.05) is 12.1 Å². The quantitative estimate of drug-likeness (QED) is 0.247. The Labute approximate surface area is 212 Å². The highest BCUT2D eigenvalue weighted by molar-refractivity contribution is 5.98. The number of nitrogens with one attached hydrogen (secondary N) is 1. The lowest BCUT2D eigenvalue weighted by atomic mass is 9.93. The Morgan fingerprint density at radius 1 is 0.973 bits per heavy atom. The first-order valence-corrected chi connectivity index (χ1v) is 12.0. The van der Waals surface area contributed by atoms with E-state index in [0.29, 0.717) is 41.0 Å². The van der Waals surface area contributed by atoms with E-state index >= 15 is 0 Å². The van der Waals surface area contributed by atoms with Gasteiger partial charge in [0, 0.05) is 18.3 Å². The van der Waals surface area contributed by atoms with E-state index in [1.807, 2.05) is 6.07 Å². The van der Waals surface area contributed by atoms with Gasteiger partial charge in [-0.25, -0.2) is 9.18 Å². The topological polar surface area (TPSA) is 47.6 Å². The van der Waals surface area contributed by atoms with Crippen LogP contribution in [-0.4, -0.2) is 19.6 Å². The summed E-state index contributed by atoms with van der Waals surface area (Å²) in [6, 6.07) is 14.5. The SMILES string of the molecule is CCOC(=O)c1cc(NC)cc(C2=C(c3cc(C(F)(F)F)ccc3OCc3ccc(F)cc3)CCC2)c1. The Hall–Kier alpha value is -3.81. The standard InChI is InChI=1S/C29H27F4NO3/c1-3-36-28(35)20-13-19(14-23(15-20)34-2)24-5-4-6-25(24)26-16-21(29(31,32)33)9-12-27(26)37-17-18-7-10-22(30)11-8-18/h7-16,34H,3-6,17H2,1-2H3. The molecule has 0 radical (unpaired) electrons. The summed E-state index contributed by atoms with van der Waals surface area (Å²) in [5.74, 6) is -0.545. The first-order valence-electron chi connectivity index (χ1n) is 12.0. The zero-order valence-corrected chi connectivity index (χ0v) is 20.5. The monoisotopic (exact) mass is 513 g/mol. The number of halogens is 4. The van der Waals surface area contributed by atoms with Gasteiger partial charge >= 0.3 is 12.1 Å². The molecule has 0 bridgehead atoms. The lowest BCUT2D eigenvalue weighted by Gasteiger charge is -2.18. The predicted molar refractivity (Wildman–Crippen MR) is 135 cm³/mol. The second-order valence-corrected chi connectivity index (χ2v) is 8.70. The molecule has 8 heteroatoms. The van der Waals surface area contributed by atoms with Gasteiger partial charge in [0.15, 0.2) is 0 Å². The van der Waals surface area contributed by atoms with Gasteiger partial charge in [0.05, 0.1) is 17.7 Å². The van der Waals surface area contributed by atoms with Crippen LogP contribution in [0.25, 0.3) is 11.1 Å². The van der Waals surface area contributed by atoms with E-state index < -0.39 is 17.7 Å². The Morgan fingerprint density at radius 2 is 1.70 bits per heavy atom. The molecule has 1 N–H and O–H groups in total. The summed E-state index contributed by atoms with van der Waals surface area (Å²) in [6.07, 6.45) is -2.58. The molecule has 0 aromatic heterocycles. The molecule has 3 aromatic carbocycles. The van der Waals surface area contributed by atoms with Crippen molar-refractivity contribution in [3.05, 3.63) is 94.3 Å². The van der Waals surface area contributed by atoms with Crippen LogP contribution in [-0.2, 0) is 17.5 Å². The van der Waals surface area contributed by atoms with Crippen LogP contribution >= 0.6 is 0 Å². The molecule has 0 spiro atoms. The molecule has 1 aliphatic rings. The summed E-state index contributed by atoms with van der Waals surface area (Å²) < 4.78 is 65.4. The number of esters is 1. The molecule has 0 fully saturated rings. The second-order valence-electron chi connectivity index (χ2n) is 8.70. The molecule has 3 aromatic rings. The molecule has 0 saturated heterocycles. The van der Waals surface area contributed by atoms with E-state index in [2.05, 4.69) is 5.32 Å². The summed E-state index contributed by atoms with van der Waals surface area (Å²) in [4.78, 5) is 12.4. The number of alkyl halides is 3. The fourth-order valence-electron chi connectivity index (χ4n) is 4.45. The van der Waals surface area contributed by atoms with Crippen molar-refractivity contribution in [3.8, 4) is 5.75 Å². The molecule has 0 saturated carbocycles. The van der Waals surface area contributed by atoms with Crippen molar-refractivity contribution < 1.29 is 31.8 Å². The molecule has 4 nitrogen and oxygen atoms in total. The maximum Gasteiger partial charge on any atom is 0.416 e. The maximum absolute atomic E-state index is 13.7. The fraction of sp³-hybridized carbons (Fsp3) is 0.276. The molecule has 0 aliphatic heterocycles. The summed E-state index contributed by atoms with van der Waals surface area (Å²) in [7, 11) is 1.73. The van der Waals surface area contributed by atoms with Crippen molar-refractivity contribution in [1.82, 2.24) is 0 Å². The van der Waals surface area contributed by atoms with Gasteiger partial charge in [0.2, 0.25) is 0 Å². The number of benzene rings is 3. The van der Waals surface area contributed by atoms with Crippen molar-refractivity contribution in [1.29, 1.82) is 0 Å². The van der Waals surface area contributed by atoms with E-state index in [1.54, 1.807) is 38.2 Å². The van der Waals surface area contributed by atoms with Crippen LogP contribution in [0.5, 0.6) is 5.75 Å². The summed E-state index contributed by atoms with van der Waals surface area (Å²) in [5, 5.41) is 3.04. The number of ether oxygens (including phenoxy) is 2. The fourth-order valence-corrected chi connectivity index (χ4v) is 4.45. The van der Waals surface area contributed by atoms with E-state index in [1.165, 1.54) is 18.2 Å². The van der Waals surface area contributed by atoms with Crippen LogP contribution in [0.2, 0.25) is 0 Å². The first kappa shape index (κ1) is 26.3. The number of carbonyl (C=O) groups excluding carboxylic acids is 1. The van der Waals surface area contributed by atoms with Crippen LogP contribution in [0.15, 0.2) is 60.7 Å². The number of allylic oxidation sites excluding steroid dienone is 2. The minimum absolute atomic E-state index is 0.0729. The Bertz CT molecular complexity index is 1310. The summed E-state index contributed by atoms with van der Waals surface area (Å²) in [5.41, 5.74) is 3.66. The van der Waals surface area contributed by atoms with Gasteiger partial charge in [-0.15, -0.1) is 0 Å². The number of anilines is 1. The van der Waals surface area contributed by atoms with Gasteiger partial charge < -0.3 is 14.8 Å². The van der Waals surface area contributed by atoms with Crippen LogP contribution in [0.1, 0.15) is 58.8 Å². The van der Waals surface area contributed by atoms with Crippen LogP contribution < -0.4 is 10.1 Å². The van der Waals surface area contributed by atoms with Crippen molar-refractivity contribution in [2.45, 2.75) is 39.0 Å². The molecule has 0 heterocycles. The number of hydrogen-bond donors (Lipinski definition) is 1. The molecule has 0 amide bonds. The molecule has 0 unspecified atom stereocenters. The third kappa shape index (κ3) is 6.13. The van der Waals surface area contributed by atoms with Crippen molar-refractivity contribution in [3.63, 3.8) is 0 Å². The first-order chi connectivity index (χ1) is 17.7. The lowest BCUT2D eigenvalue weighted by molar-refractivity contribution is -0.137. The summed E-state index contributed by atoms with van der Waals surface area (Å²) >= 11 is 0.